The van der Waals surface area contributed by atoms with Crippen molar-refractivity contribution in [3.05, 3.63) is 71.0 Å². The van der Waals surface area contributed by atoms with Crippen molar-refractivity contribution < 1.29 is 28.4 Å². The Morgan fingerprint density at radius 2 is 1.67 bits per heavy atom. The summed E-state index contributed by atoms with van der Waals surface area (Å²) in [5, 5.41) is 8.70. The molecule has 1 aliphatic carbocycles. The van der Waals surface area contributed by atoms with Gasteiger partial charge in [-0.25, -0.2) is 0 Å². The number of benzene rings is 1. The van der Waals surface area contributed by atoms with Gasteiger partial charge in [0.05, 0.1) is 19.4 Å². The van der Waals surface area contributed by atoms with Crippen molar-refractivity contribution in [3.8, 4) is 0 Å². The standard InChI is InChI=1S/C22H22O6S.2C2H6/c1-29(27)19-8-6-16(7-9-19)12-13-28-22(26)15-17-4-2-3-5-18(14-17)20(23)10-11-21(24)25;2*1-2/h2,4-9,14H,10-13,15H2,1H3,(H,24,25);2*1-2H3. The first-order valence-corrected chi connectivity index (χ1v) is 12.6. The minimum Gasteiger partial charge on any atom is -0.481 e. The molecule has 0 spiro atoms. The molecule has 0 saturated heterocycles. The minimum absolute atomic E-state index is 0.00448. The van der Waals surface area contributed by atoms with Crippen LogP contribution in [0.5, 0.6) is 0 Å². The number of allylic oxidation sites excluding steroid dienone is 4. The SMILES string of the molecule is CC.CC.CS(=O)c1ccc(CCOC(=O)CC2=CC=C=CC(C(=O)CCC(=O)O)=C2)cc1. The second kappa shape index (κ2) is 17.5. The maximum absolute atomic E-state index is 12.1. The van der Waals surface area contributed by atoms with E-state index in [4.69, 9.17) is 9.84 Å². The van der Waals surface area contributed by atoms with Crippen LogP contribution in [0.3, 0.4) is 0 Å². The highest BCUT2D eigenvalue weighted by Gasteiger charge is 2.13. The van der Waals surface area contributed by atoms with E-state index in [1.807, 2.05) is 39.8 Å². The largest absolute Gasteiger partial charge is 0.481 e. The van der Waals surface area contributed by atoms with Gasteiger partial charge in [-0.05, 0) is 41.5 Å². The van der Waals surface area contributed by atoms with Gasteiger partial charge in [-0.1, -0.05) is 45.9 Å². The summed E-state index contributed by atoms with van der Waals surface area (Å²) in [5.41, 5.74) is 4.68. The molecule has 7 heteroatoms. The summed E-state index contributed by atoms with van der Waals surface area (Å²) in [6, 6.07) is 7.28. The molecule has 2 rings (SSSR count). The molecule has 180 valence electrons. The summed E-state index contributed by atoms with van der Waals surface area (Å²) in [6.45, 7) is 8.21. The fraction of sp³-hybridized carbons (Fsp3) is 0.385. The molecule has 1 N–H and O–H groups in total. The zero-order valence-electron chi connectivity index (χ0n) is 20.1. The first kappa shape index (κ1) is 30.0. The highest BCUT2D eigenvalue weighted by molar-refractivity contribution is 7.84. The van der Waals surface area contributed by atoms with Gasteiger partial charge >= 0.3 is 11.9 Å². The van der Waals surface area contributed by atoms with Crippen molar-refractivity contribution in [2.45, 2.75) is 58.3 Å². The van der Waals surface area contributed by atoms with Gasteiger partial charge in [-0.15, -0.1) is 5.73 Å². The summed E-state index contributed by atoms with van der Waals surface area (Å²) in [5.74, 6) is -1.78. The molecule has 6 nitrogen and oxygen atoms in total. The van der Waals surface area contributed by atoms with Crippen LogP contribution in [0, 0.1) is 0 Å². The second-order valence-corrected chi connectivity index (χ2v) is 7.76. The number of aliphatic carboxylic acids is 1. The van der Waals surface area contributed by atoms with Crippen LogP contribution in [0.1, 0.15) is 52.5 Å². The third-order valence-corrected chi connectivity index (χ3v) is 5.05. The van der Waals surface area contributed by atoms with E-state index in [0.717, 1.165) is 10.5 Å². The zero-order valence-corrected chi connectivity index (χ0v) is 20.9. The van der Waals surface area contributed by atoms with Crippen LogP contribution in [0.15, 0.2) is 70.3 Å². The van der Waals surface area contributed by atoms with E-state index in [2.05, 4.69) is 5.73 Å². The molecule has 0 saturated carbocycles. The normalized spacial score (nSPS) is 12.5. The van der Waals surface area contributed by atoms with Crippen LogP contribution in [0.2, 0.25) is 0 Å². The first-order valence-electron chi connectivity index (χ1n) is 11.0. The molecule has 0 heterocycles. The Hall–Kier alpha value is -3.02. The lowest BCUT2D eigenvalue weighted by molar-refractivity contribution is -0.142. The summed E-state index contributed by atoms with van der Waals surface area (Å²) in [6.07, 6.45) is 8.09. The fourth-order valence-electron chi connectivity index (χ4n) is 2.57. The van der Waals surface area contributed by atoms with Gasteiger partial charge in [0, 0.05) is 40.4 Å². The molecule has 1 aliphatic rings. The van der Waals surface area contributed by atoms with Gasteiger partial charge in [-0.2, -0.15) is 0 Å². The summed E-state index contributed by atoms with van der Waals surface area (Å²) >= 11 is 0. The highest BCUT2D eigenvalue weighted by Crippen LogP contribution is 2.15. The van der Waals surface area contributed by atoms with E-state index in [1.54, 1.807) is 36.6 Å². The van der Waals surface area contributed by atoms with Crippen molar-refractivity contribution in [1.29, 1.82) is 0 Å². The van der Waals surface area contributed by atoms with Gasteiger partial charge in [0.15, 0.2) is 5.78 Å². The fourth-order valence-corrected chi connectivity index (χ4v) is 3.09. The average Bonchev–Trinajstić information content (AvgIpc) is 3.06. The van der Waals surface area contributed by atoms with Gasteiger partial charge in [0.2, 0.25) is 0 Å². The summed E-state index contributed by atoms with van der Waals surface area (Å²) in [4.78, 5) is 35.6. The Kier molecular flexibility index (Phi) is 15.9. The maximum Gasteiger partial charge on any atom is 0.310 e. The van der Waals surface area contributed by atoms with Crippen molar-refractivity contribution in [2.75, 3.05) is 12.9 Å². The van der Waals surface area contributed by atoms with Crippen LogP contribution >= 0.6 is 0 Å². The Morgan fingerprint density at radius 3 is 2.24 bits per heavy atom. The first-order chi connectivity index (χ1) is 15.8. The van der Waals surface area contributed by atoms with Crippen LogP contribution in [-0.4, -0.2) is 39.9 Å². The van der Waals surface area contributed by atoms with E-state index < -0.39 is 22.7 Å². The van der Waals surface area contributed by atoms with Gasteiger partial charge in [0.1, 0.15) is 0 Å². The lowest BCUT2D eigenvalue weighted by Gasteiger charge is -2.07. The number of carbonyl (C=O) groups excluding carboxylic acids is 2. The highest BCUT2D eigenvalue weighted by atomic mass is 32.2. The smallest absolute Gasteiger partial charge is 0.310 e. The molecular formula is C26H34O6S. The molecule has 0 radical (unpaired) electrons. The third kappa shape index (κ3) is 12.6. The number of Topliss-reactive ketones (excluding diaryl/α,β-unsaturated/α-hetero) is 1. The maximum atomic E-state index is 12.1. The number of rotatable bonds is 10. The number of hydrogen-bond donors (Lipinski definition) is 1. The molecule has 1 unspecified atom stereocenters. The number of hydrogen-bond acceptors (Lipinski definition) is 5. The Labute approximate surface area is 199 Å². The van der Waals surface area contributed by atoms with Crippen molar-refractivity contribution >= 4 is 28.5 Å². The van der Waals surface area contributed by atoms with E-state index in [9.17, 15) is 18.6 Å². The van der Waals surface area contributed by atoms with E-state index in [-0.39, 0.29) is 31.7 Å². The van der Waals surface area contributed by atoms with Gasteiger partial charge in [0.25, 0.3) is 0 Å². The average molecular weight is 475 g/mol. The van der Waals surface area contributed by atoms with Crippen molar-refractivity contribution in [1.82, 2.24) is 0 Å². The molecule has 0 aromatic heterocycles. The Balaban J connectivity index is 0.00000242. The molecule has 1 atom stereocenters. The molecule has 0 amide bonds. The molecule has 0 aliphatic heterocycles. The van der Waals surface area contributed by atoms with Gasteiger partial charge < -0.3 is 9.84 Å². The summed E-state index contributed by atoms with van der Waals surface area (Å²) < 4.78 is 16.6. The van der Waals surface area contributed by atoms with E-state index in [0.29, 0.717) is 17.6 Å². The third-order valence-electron chi connectivity index (χ3n) is 4.12. The van der Waals surface area contributed by atoms with E-state index >= 15 is 0 Å². The molecular weight excluding hydrogens is 440 g/mol. The summed E-state index contributed by atoms with van der Waals surface area (Å²) in [7, 11) is -1.03. The lowest BCUT2D eigenvalue weighted by Crippen LogP contribution is -2.09. The number of carboxylic acids is 1. The minimum atomic E-state index is -1.04. The van der Waals surface area contributed by atoms with Crippen molar-refractivity contribution in [2.24, 2.45) is 0 Å². The van der Waals surface area contributed by atoms with Crippen LogP contribution in [0.25, 0.3) is 0 Å². The molecule has 1 aromatic rings. The number of carboxylic acid groups (broad SMARTS) is 1. The predicted octanol–water partition coefficient (Wildman–Crippen LogP) is 4.96. The topological polar surface area (TPSA) is 97.7 Å². The quantitative estimate of drug-likeness (QED) is 0.380. The van der Waals surface area contributed by atoms with Crippen LogP contribution in [-0.2, 0) is 36.3 Å². The number of carbonyl (C=O) groups is 3. The van der Waals surface area contributed by atoms with Crippen LogP contribution in [0.4, 0.5) is 0 Å². The Morgan fingerprint density at radius 1 is 1.03 bits per heavy atom. The molecule has 33 heavy (non-hydrogen) atoms. The Bertz CT molecular complexity index is 932. The number of esters is 1. The second-order valence-electron chi connectivity index (χ2n) is 6.38. The molecule has 0 fully saturated rings. The number of ketones is 1. The molecule has 0 bridgehead atoms. The predicted molar refractivity (Wildman–Crippen MR) is 131 cm³/mol. The van der Waals surface area contributed by atoms with Gasteiger partial charge in [-0.3, -0.25) is 18.6 Å². The zero-order chi connectivity index (χ0) is 25.2. The van der Waals surface area contributed by atoms with Crippen molar-refractivity contribution in [3.63, 3.8) is 0 Å². The number of ether oxygens (including phenoxy) is 1. The lowest BCUT2D eigenvalue weighted by atomic mass is 10.0. The monoisotopic (exact) mass is 474 g/mol. The van der Waals surface area contributed by atoms with E-state index in [1.165, 1.54) is 6.08 Å². The molecule has 1 aromatic carbocycles. The van der Waals surface area contributed by atoms with Crippen LogP contribution < -0.4 is 0 Å².